The standard InChI is InChI=1S/C20H19NO6/c1-21-6-5-11-8-16-17(27-10-26-16)9-13(11)14(21)7-12-3-4-15(25-2)19(22)18(12)20(23)24/h3-4,8-9H,5-7,10H2,1-2H3,(H-,22,23,24)/p+1. The summed E-state index contributed by atoms with van der Waals surface area (Å²) in [5, 5.41) is 19.9. The molecule has 0 unspecified atom stereocenters. The SMILES string of the molecule is COc1ccc(CC2=[N+](C)CCc3cc4c(cc32)OCO4)c(C(=O)O)c1O. The molecule has 2 aliphatic rings. The summed E-state index contributed by atoms with van der Waals surface area (Å²) in [5.74, 6) is 0.0318. The quantitative estimate of drug-likeness (QED) is 0.801. The number of hydrogen-bond acceptors (Lipinski definition) is 5. The van der Waals surface area contributed by atoms with E-state index in [1.165, 1.54) is 7.11 Å². The fraction of sp³-hybridized carbons (Fsp3) is 0.300. The van der Waals surface area contributed by atoms with Crippen molar-refractivity contribution in [2.75, 3.05) is 27.5 Å². The summed E-state index contributed by atoms with van der Waals surface area (Å²) in [6, 6.07) is 7.21. The first kappa shape index (κ1) is 17.2. The van der Waals surface area contributed by atoms with Crippen LogP contribution in [0.2, 0.25) is 0 Å². The Morgan fingerprint density at radius 1 is 1.26 bits per heavy atom. The number of likely N-dealkylation sites (N-methyl/N-ethyl adjacent to an activating group) is 1. The van der Waals surface area contributed by atoms with Crippen LogP contribution in [0.15, 0.2) is 24.3 Å². The summed E-state index contributed by atoms with van der Waals surface area (Å²) in [7, 11) is 3.37. The molecule has 2 aromatic rings. The molecule has 2 aromatic carbocycles. The van der Waals surface area contributed by atoms with Crippen LogP contribution in [-0.2, 0) is 12.8 Å². The molecule has 0 aliphatic carbocycles. The topological polar surface area (TPSA) is 88.2 Å². The number of carboxylic acid groups (broad SMARTS) is 1. The Hall–Kier alpha value is -3.22. The Morgan fingerprint density at radius 2 is 2.00 bits per heavy atom. The summed E-state index contributed by atoms with van der Waals surface area (Å²) in [4.78, 5) is 11.8. The maximum Gasteiger partial charge on any atom is 0.339 e. The van der Waals surface area contributed by atoms with Crippen molar-refractivity contribution in [3.8, 4) is 23.0 Å². The zero-order chi connectivity index (χ0) is 19.1. The molecule has 2 N–H and O–H groups in total. The lowest BCUT2D eigenvalue weighted by atomic mass is 9.90. The van der Waals surface area contributed by atoms with E-state index in [1.807, 2.05) is 19.2 Å². The highest BCUT2D eigenvalue weighted by atomic mass is 16.7. The summed E-state index contributed by atoms with van der Waals surface area (Å²) < 4.78 is 18.1. The molecule has 2 aliphatic heterocycles. The normalized spacial score (nSPS) is 14.9. The van der Waals surface area contributed by atoms with Gasteiger partial charge in [-0.05, 0) is 29.3 Å². The maximum absolute atomic E-state index is 11.8. The highest BCUT2D eigenvalue weighted by Crippen LogP contribution is 2.37. The average Bonchev–Trinajstić information content (AvgIpc) is 3.10. The molecule has 0 saturated heterocycles. The van der Waals surface area contributed by atoms with Crippen molar-refractivity contribution in [3.63, 3.8) is 0 Å². The van der Waals surface area contributed by atoms with E-state index in [2.05, 4.69) is 4.58 Å². The number of carboxylic acids is 1. The van der Waals surface area contributed by atoms with Gasteiger partial charge in [-0.25, -0.2) is 9.37 Å². The lowest BCUT2D eigenvalue weighted by Gasteiger charge is -2.18. The van der Waals surface area contributed by atoms with Crippen molar-refractivity contribution < 1.29 is 33.8 Å². The number of aromatic carboxylic acids is 1. The van der Waals surface area contributed by atoms with Gasteiger partial charge in [0.05, 0.1) is 13.5 Å². The number of methoxy groups -OCH3 is 1. The predicted octanol–water partition coefficient (Wildman–Crippen LogP) is 2.06. The Balaban J connectivity index is 1.80. The molecule has 0 fully saturated rings. The lowest BCUT2D eigenvalue weighted by Crippen LogP contribution is -2.29. The minimum absolute atomic E-state index is 0.136. The predicted molar refractivity (Wildman–Crippen MR) is 96.8 cm³/mol. The second kappa shape index (κ2) is 6.50. The number of ether oxygens (including phenoxy) is 3. The molecule has 0 saturated carbocycles. The molecule has 0 bridgehead atoms. The molecule has 2 heterocycles. The fourth-order valence-electron chi connectivity index (χ4n) is 3.66. The third-order valence-corrected chi connectivity index (χ3v) is 5.11. The van der Waals surface area contributed by atoms with Gasteiger partial charge in [0.15, 0.2) is 28.7 Å². The van der Waals surface area contributed by atoms with Crippen LogP contribution < -0.4 is 14.2 Å². The van der Waals surface area contributed by atoms with Crippen molar-refractivity contribution in [2.45, 2.75) is 12.8 Å². The molecule has 0 spiro atoms. The van der Waals surface area contributed by atoms with E-state index in [0.717, 1.165) is 35.6 Å². The van der Waals surface area contributed by atoms with Crippen molar-refractivity contribution in [3.05, 3.63) is 46.5 Å². The Morgan fingerprint density at radius 3 is 2.70 bits per heavy atom. The lowest BCUT2D eigenvalue weighted by molar-refractivity contribution is -0.498. The van der Waals surface area contributed by atoms with E-state index >= 15 is 0 Å². The molecule has 140 valence electrons. The largest absolute Gasteiger partial charge is 0.504 e. The highest BCUT2D eigenvalue weighted by Gasteiger charge is 2.30. The smallest absolute Gasteiger partial charge is 0.339 e. The van der Waals surface area contributed by atoms with Crippen molar-refractivity contribution in [1.29, 1.82) is 0 Å². The van der Waals surface area contributed by atoms with Gasteiger partial charge in [-0.2, -0.15) is 0 Å². The molecule has 0 radical (unpaired) electrons. The Kier molecular flexibility index (Phi) is 4.14. The number of rotatable bonds is 4. The summed E-state index contributed by atoms with van der Waals surface area (Å²) >= 11 is 0. The number of benzene rings is 2. The molecular formula is C20H20NO6+. The number of carbonyl (C=O) groups is 1. The summed E-state index contributed by atoms with van der Waals surface area (Å²) in [6.07, 6.45) is 1.23. The Bertz CT molecular complexity index is 979. The summed E-state index contributed by atoms with van der Waals surface area (Å²) in [6.45, 7) is 1.02. The molecular weight excluding hydrogens is 350 g/mol. The van der Waals surface area contributed by atoms with E-state index in [4.69, 9.17) is 14.2 Å². The van der Waals surface area contributed by atoms with Crippen LogP contribution in [0, 0.1) is 0 Å². The van der Waals surface area contributed by atoms with Crippen LogP contribution in [0.3, 0.4) is 0 Å². The van der Waals surface area contributed by atoms with E-state index in [1.54, 1.807) is 12.1 Å². The van der Waals surface area contributed by atoms with Crippen LogP contribution in [0.1, 0.15) is 27.0 Å². The fourth-order valence-corrected chi connectivity index (χ4v) is 3.66. The van der Waals surface area contributed by atoms with Gasteiger partial charge in [0, 0.05) is 12.0 Å². The minimum Gasteiger partial charge on any atom is -0.504 e. The molecule has 0 amide bonds. The number of hydrogen-bond donors (Lipinski definition) is 2. The Labute approximate surface area is 156 Å². The van der Waals surface area contributed by atoms with E-state index in [9.17, 15) is 15.0 Å². The van der Waals surface area contributed by atoms with Crippen molar-refractivity contribution >= 4 is 11.7 Å². The zero-order valence-corrected chi connectivity index (χ0v) is 15.1. The maximum atomic E-state index is 11.8. The third kappa shape index (κ3) is 2.85. The van der Waals surface area contributed by atoms with E-state index < -0.39 is 5.97 Å². The highest BCUT2D eigenvalue weighted by molar-refractivity contribution is 6.03. The molecule has 0 atom stereocenters. The third-order valence-electron chi connectivity index (χ3n) is 5.11. The minimum atomic E-state index is -1.19. The second-order valence-corrected chi connectivity index (χ2v) is 6.61. The van der Waals surface area contributed by atoms with Gasteiger partial charge in [-0.3, -0.25) is 0 Å². The number of nitrogens with zero attached hydrogens (tertiary/aromatic N) is 1. The van der Waals surface area contributed by atoms with E-state index in [-0.39, 0.29) is 23.9 Å². The first-order valence-corrected chi connectivity index (χ1v) is 8.61. The van der Waals surface area contributed by atoms with Crippen LogP contribution in [0.4, 0.5) is 0 Å². The van der Waals surface area contributed by atoms with Crippen LogP contribution >= 0.6 is 0 Å². The molecule has 0 aromatic heterocycles. The van der Waals surface area contributed by atoms with Gasteiger partial charge < -0.3 is 24.4 Å². The van der Waals surface area contributed by atoms with Gasteiger partial charge in [-0.1, -0.05) is 6.07 Å². The van der Waals surface area contributed by atoms with Gasteiger partial charge in [0.25, 0.3) is 0 Å². The van der Waals surface area contributed by atoms with Gasteiger partial charge in [0.1, 0.15) is 19.2 Å². The number of aromatic hydroxyl groups is 1. The first-order valence-electron chi connectivity index (χ1n) is 8.61. The van der Waals surface area contributed by atoms with Crippen molar-refractivity contribution in [2.24, 2.45) is 0 Å². The van der Waals surface area contributed by atoms with Gasteiger partial charge >= 0.3 is 5.97 Å². The van der Waals surface area contributed by atoms with Crippen LogP contribution in [0.5, 0.6) is 23.0 Å². The number of phenols is 1. The van der Waals surface area contributed by atoms with E-state index in [0.29, 0.717) is 17.7 Å². The molecule has 7 nitrogen and oxygen atoms in total. The first-order chi connectivity index (χ1) is 13.0. The average molecular weight is 370 g/mol. The van der Waals surface area contributed by atoms with Crippen LogP contribution in [-0.4, -0.2) is 54.0 Å². The molecule has 7 heteroatoms. The van der Waals surface area contributed by atoms with Crippen LogP contribution in [0.25, 0.3) is 0 Å². The monoisotopic (exact) mass is 370 g/mol. The zero-order valence-electron chi connectivity index (χ0n) is 15.1. The molecule has 27 heavy (non-hydrogen) atoms. The molecule has 4 rings (SSSR count). The van der Waals surface area contributed by atoms with Crippen molar-refractivity contribution in [1.82, 2.24) is 0 Å². The van der Waals surface area contributed by atoms with Gasteiger partial charge in [0.2, 0.25) is 6.79 Å². The second-order valence-electron chi connectivity index (χ2n) is 6.61. The van der Waals surface area contributed by atoms with Gasteiger partial charge in [-0.15, -0.1) is 0 Å². The summed E-state index contributed by atoms with van der Waals surface area (Å²) in [5.41, 5.74) is 3.51. The number of fused-ring (bicyclic) bond motifs is 2.